The quantitative estimate of drug-likeness (QED) is 0.648. The Bertz CT molecular complexity index is 192. The van der Waals surface area contributed by atoms with Gasteiger partial charge in [0.05, 0.1) is 0 Å². The van der Waals surface area contributed by atoms with E-state index in [-0.39, 0.29) is 0 Å². The number of aromatic amines is 1. The Balaban J connectivity index is 0.000000461. The number of anilines is 1. The van der Waals surface area contributed by atoms with E-state index in [1.807, 2.05) is 27.7 Å². The van der Waals surface area contributed by atoms with Gasteiger partial charge in [-0.2, -0.15) is 4.98 Å². The van der Waals surface area contributed by atoms with E-state index in [0.717, 1.165) is 5.82 Å². The average Bonchev–Trinajstić information content (AvgIpc) is 2.40. The van der Waals surface area contributed by atoms with E-state index in [0.29, 0.717) is 11.9 Å². The maximum absolute atomic E-state index is 5.26. The van der Waals surface area contributed by atoms with Crippen molar-refractivity contribution in [3.63, 3.8) is 0 Å². The van der Waals surface area contributed by atoms with Crippen molar-refractivity contribution in [1.82, 2.24) is 15.2 Å². The van der Waals surface area contributed by atoms with E-state index < -0.39 is 0 Å². The minimum atomic E-state index is 0.318. The van der Waals surface area contributed by atoms with Crippen molar-refractivity contribution >= 4 is 5.95 Å². The molecule has 3 N–H and O–H groups in total. The normalized spacial score (nSPS) is 9.18. The van der Waals surface area contributed by atoms with E-state index in [2.05, 4.69) is 15.2 Å². The topological polar surface area (TPSA) is 67.6 Å². The number of H-pyrrole nitrogens is 1. The van der Waals surface area contributed by atoms with Gasteiger partial charge >= 0.3 is 0 Å². The first kappa shape index (κ1) is 9.94. The number of nitrogens with zero attached hydrogens (tertiary/aromatic N) is 2. The van der Waals surface area contributed by atoms with Crippen molar-refractivity contribution in [2.75, 3.05) is 5.73 Å². The van der Waals surface area contributed by atoms with Gasteiger partial charge in [-0.15, -0.1) is 5.10 Å². The molecule has 0 aromatic carbocycles. The van der Waals surface area contributed by atoms with Gasteiger partial charge in [-0.05, 0) is 0 Å². The number of aromatic nitrogens is 3. The molecule has 4 heteroatoms. The molecule has 64 valence electrons. The summed E-state index contributed by atoms with van der Waals surface area (Å²) in [5.41, 5.74) is 5.26. The molecule has 0 aliphatic rings. The summed E-state index contributed by atoms with van der Waals surface area (Å²) in [6, 6.07) is 0. The maximum Gasteiger partial charge on any atom is 0.239 e. The third-order valence-electron chi connectivity index (χ3n) is 1.07. The first-order valence-corrected chi connectivity index (χ1v) is 3.88. The van der Waals surface area contributed by atoms with Crippen molar-refractivity contribution in [1.29, 1.82) is 0 Å². The van der Waals surface area contributed by atoms with Gasteiger partial charge in [0.1, 0.15) is 5.82 Å². The fourth-order valence-electron chi connectivity index (χ4n) is 0.546. The standard InChI is InChI=1S/C5H10N4.C2H6/c1-3(2)4-7-5(6)9-8-4;1-2/h3H,1-2H3,(H3,6,7,8,9);1-2H3. The third-order valence-corrected chi connectivity index (χ3v) is 1.07. The molecule has 0 saturated carbocycles. The highest BCUT2D eigenvalue weighted by atomic mass is 15.3. The molecule has 0 aliphatic heterocycles. The molecule has 0 aliphatic carbocycles. The van der Waals surface area contributed by atoms with Crippen LogP contribution in [0.5, 0.6) is 0 Å². The third kappa shape index (κ3) is 3.02. The minimum Gasteiger partial charge on any atom is -0.367 e. The Kier molecular flexibility index (Phi) is 4.26. The summed E-state index contributed by atoms with van der Waals surface area (Å²) >= 11 is 0. The Morgan fingerprint density at radius 1 is 1.36 bits per heavy atom. The van der Waals surface area contributed by atoms with Crippen molar-refractivity contribution in [2.45, 2.75) is 33.6 Å². The molecule has 0 spiro atoms. The molecule has 0 radical (unpaired) electrons. The zero-order chi connectivity index (χ0) is 8.85. The fraction of sp³-hybridized carbons (Fsp3) is 0.714. The first-order chi connectivity index (χ1) is 5.20. The molecular weight excluding hydrogens is 140 g/mol. The summed E-state index contributed by atoms with van der Waals surface area (Å²) in [6.07, 6.45) is 0. The predicted molar refractivity (Wildman–Crippen MR) is 46.2 cm³/mol. The van der Waals surface area contributed by atoms with E-state index in [1.54, 1.807) is 0 Å². The number of nitrogens with one attached hydrogen (secondary N) is 1. The molecule has 1 aromatic rings. The van der Waals surface area contributed by atoms with Gasteiger partial charge in [-0.25, -0.2) is 0 Å². The van der Waals surface area contributed by atoms with Crippen LogP contribution in [0.3, 0.4) is 0 Å². The van der Waals surface area contributed by atoms with Gasteiger partial charge in [0.15, 0.2) is 0 Å². The van der Waals surface area contributed by atoms with E-state index in [4.69, 9.17) is 5.73 Å². The smallest absolute Gasteiger partial charge is 0.239 e. The van der Waals surface area contributed by atoms with Crippen LogP contribution in [0.4, 0.5) is 5.95 Å². The minimum absolute atomic E-state index is 0.318. The summed E-state index contributed by atoms with van der Waals surface area (Å²) in [7, 11) is 0. The van der Waals surface area contributed by atoms with Gasteiger partial charge in [0.2, 0.25) is 5.95 Å². The van der Waals surface area contributed by atoms with Crippen molar-refractivity contribution in [3.05, 3.63) is 5.82 Å². The second kappa shape index (κ2) is 4.71. The lowest BCUT2D eigenvalue weighted by molar-refractivity contribution is 0.781. The van der Waals surface area contributed by atoms with Crippen molar-refractivity contribution in [2.24, 2.45) is 0 Å². The molecule has 1 rings (SSSR count). The molecule has 1 aromatic heterocycles. The van der Waals surface area contributed by atoms with Crippen LogP contribution in [0.1, 0.15) is 39.4 Å². The largest absolute Gasteiger partial charge is 0.367 e. The van der Waals surface area contributed by atoms with Gasteiger partial charge in [0, 0.05) is 5.92 Å². The van der Waals surface area contributed by atoms with Gasteiger partial charge in [-0.1, -0.05) is 27.7 Å². The SMILES string of the molecule is CC.CC(C)c1nc(N)n[nH]1. The molecule has 1 heterocycles. The molecule has 0 saturated heterocycles. The number of rotatable bonds is 1. The Labute approximate surface area is 67.2 Å². The van der Waals surface area contributed by atoms with Crippen molar-refractivity contribution in [3.8, 4) is 0 Å². The van der Waals surface area contributed by atoms with Crippen LogP contribution in [0.15, 0.2) is 0 Å². The highest BCUT2D eigenvalue weighted by Gasteiger charge is 2.02. The van der Waals surface area contributed by atoms with Gasteiger partial charge in [0.25, 0.3) is 0 Å². The zero-order valence-electron chi connectivity index (χ0n) is 7.55. The van der Waals surface area contributed by atoms with Crippen LogP contribution >= 0.6 is 0 Å². The highest BCUT2D eigenvalue weighted by Crippen LogP contribution is 2.07. The van der Waals surface area contributed by atoms with Gasteiger partial charge in [-0.3, -0.25) is 5.10 Å². The Morgan fingerprint density at radius 2 is 1.91 bits per heavy atom. The zero-order valence-corrected chi connectivity index (χ0v) is 7.55. The molecule has 0 amide bonds. The molecule has 11 heavy (non-hydrogen) atoms. The number of hydrogen-bond acceptors (Lipinski definition) is 3. The molecule has 0 bridgehead atoms. The molecule has 4 nitrogen and oxygen atoms in total. The van der Waals surface area contributed by atoms with Gasteiger partial charge < -0.3 is 5.73 Å². The highest BCUT2D eigenvalue weighted by molar-refractivity contribution is 5.13. The maximum atomic E-state index is 5.26. The summed E-state index contributed by atoms with van der Waals surface area (Å²) in [5, 5.41) is 6.40. The number of hydrogen-bond donors (Lipinski definition) is 2. The fourth-order valence-corrected chi connectivity index (χ4v) is 0.546. The summed E-state index contributed by atoms with van der Waals surface area (Å²) in [6.45, 7) is 8.06. The summed E-state index contributed by atoms with van der Waals surface area (Å²) in [5.74, 6) is 1.53. The summed E-state index contributed by atoms with van der Waals surface area (Å²) < 4.78 is 0. The molecule has 0 fully saturated rings. The predicted octanol–water partition coefficient (Wildman–Crippen LogP) is 1.54. The second-order valence-electron chi connectivity index (χ2n) is 2.23. The van der Waals surface area contributed by atoms with Crippen LogP contribution in [0, 0.1) is 0 Å². The number of nitrogens with two attached hydrogens (primary N) is 1. The number of nitrogen functional groups attached to an aromatic ring is 1. The molecular formula is C7H16N4. The first-order valence-electron chi connectivity index (χ1n) is 3.88. The summed E-state index contributed by atoms with van der Waals surface area (Å²) in [4.78, 5) is 3.92. The second-order valence-corrected chi connectivity index (χ2v) is 2.23. The van der Waals surface area contributed by atoms with Crippen LogP contribution in [-0.4, -0.2) is 15.2 Å². The van der Waals surface area contributed by atoms with Crippen LogP contribution in [-0.2, 0) is 0 Å². The lowest BCUT2D eigenvalue weighted by Crippen LogP contribution is -1.90. The monoisotopic (exact) mass is 156 g/mol. The molecule has 0 unspecified atom stereocenters. The molecule has 0 atom stereocenters. The van der Waals surface area contributed by atoms with Crippen LogP contribution in [0.25, 0.3) is 0 Å². The lowest BCUT2D eigenvalue weighted by atomic mass is 10.2. The van der Waals surface area contributed by atoms with E-state index >= 15 is 0 Å². The average molecular weight is 156 g/mol. The van der Waals surface area contributed by atoms with Crippen LogP contribution < -0.4 is 5.73 Å². The Morgan fingerprint density at radius 3 is 2.09 bits per heavy atom. The lowest BCUT2D eigenvalue weighted by Gasteiger charge is -1.93. The van der Waals surface area contributed by atoms with Crippen LogP contribution in [0.2, 0.25) is 0 Å². The van der Waals surface area contributed by atoms with Crippen molar-refractivity contribution < 1.29 is 0 Å². The van der Waals surface area contributed by atoms with E-state index in [9.17, 15) is 0 Å². The Hall–Kier alpha value is -1.06. The van der Waals surface area contributed by atoms with E-state index in [1.165, 1.54) is 0 Å².